The number of rotatable bonds is 6. The van der Waals surface area contributed by atoms with Crippen LogP contribution in [0, 0.1) is 0 Å². The highest BCUT2D eigenvalue weighted by atomic mass is 32.1. The minimum Gasteiger partial charge on any atom is -0.493 e. The second-order valence-electron chi connectivity index (χ2n) is 5.86. The summed E-state index contributed by atoms with van der Waals surface area (Å²) in [6.45, 7) is 0.239. The number of hydrogen-bond donors (Lipinski definition) is 0. The highest BCUT2D eigenvalue weighted by Crippen LogP contribution is 2.34. The normalized spacial score (nSPS) is 11.9. The standard InChI is InChI=1S/C20H17NO6S/c1-23-15-5-3-12(7-17(15)24-2)19-21-14(10-28-19)9-25-20(22)13-4-6-16-18(8-13)27-11-26-16/h3-8,10H,9,11H2,1-2H3. The highest BCUT2D eigenvalue weighted by Gasteiger charge is 2.17. The molecule has 4 rings (SSSR count). The molecule has 1 aromatic heterocycles. The third kappa shape index (κ3) is 3.59. The van der Waals surface area contributed by atoms with Gasteiger partial charge in [0.15, 0.2) is 23.0 Å². The molecule has 0 radical (unpaired) electrons. The van der Waals surface area contributed by atoms with E-state index in [1.807, 2.05) is 23.6 Å². The molecule has 0 unspecified atom stereocenters. The predicted molar refractivity (Wildman–Crippen MR) is 102 cm³/mol. The Kier molecular flexibility index (Phi) is 5.03. The van der Waals surface area contributed by atoms with E-state index in [1.165, 1.54) is 11.3 Å². The number of ether oxygens (including phenoxy) is 5. The number of benzene rings is 2. The zero-order chi connectivity index (χ0) is 19.5. The number of aromatic nitrogens is 1. The van der Waals surface area contributed by atoms with Crippen molar-refractivity contribution >= 4 is 17.3 Å². The van der Waals surface area contributed by atoms with E-state index in [-0.39, 0.29) is 13.4 Å². The smallest absolute Gasteiger partial charge is 0.338 e. The Morgan fingerprint density at radius 3 is 2.71 bits per heavy atom. The van der Waals surface area contributed by atoms with Crippen molar-refractivity contribution in [3.63, 3.8) is 0 Å². The lowest BCUT2D eigenvalue weighted by Gasteiger charge is -2.08. The van der Waals surface area contributed by atoms with Crippen LogP contribution in [0.5, 0.6) is 23.0 Å². The Morgan fingerprint density at radius 2 is 1.89 bits per heavy atom. The maximum atomic E-state index is 12.3. The lowest BCUT2D eigenvalue weighted by atomic mass is 10.2. The minimum absolute atomic E-state index is 0.0804. The van der Waals surface area contributed by atoms with E-state index in [4.69, 9.17) is 23.7 Å². The summed E-state index contributed by atoms with van der Waals surface area (Å²) in [4.78, 5) is 16.8. The van der Waals surface area contributed by atoms with Gasteiger partial charge in [0.25, 0.3) is 0 Å². The first-order chi connectivity index (χ1) is 13.7. The van der Waals surface area contributed by atoms with Gasteiger partial charge in [0.1, 0.15) is 11.6 Å². The Balaban J connectivity index is 1.43. The zero-order valence-corrected chi connectivity index (χ0v) is 16.1. The summed E-state index contributed by atoms with van der Waals surface area (Å²) in [5.74, 6) is 2.00. The first-order valence-electron chi connectivity index (χ1n) is 8.41. The third-order valence-corrected chi connectivity index (χ3v) is 5.08. The van der Waals surface area contributed by atoms with Crippen molar-refractivity contribution in [3.05, 3.63) is 53.0 Å². The summed E-state index contributed by atoms with van der Waals surface area (Å²) >= 11 is 1.46. The Morgan fingerprint density at radius 1 is 1.07 bits per heavy atom. The highest BCUT2D eigenvalue weighted by molar-refractivity contribution is 7.13. The van der Waals surface area contributed by atoms with E-state index >= 15 is 0 Å². The molecule has 28 heavy (non-hydrogen) atoms. The fraction of sp³-hybridized carbons (Fsp3) is 0.200. The van der Waals surface area contributed by atoms with Crippen LogP contribution in [0.3, 0.4) is 0 Å². The Labute approximate surface area is 165 Å². The van der Waals surface area contributed by atoms with E-state index in [1.54, 1.807) is 32.4 Å². The van der Waals surface area contributed by atoms with Gasteiger partial charge in [-0.05, 0) is 36.4 Å². The molecule has 8 heteroatoms. The molecule has 0 N–H and O–H groups in total. The lowest BCUT2D eigenvalue weighted by Crippen LogP contribution is -2.05. The van der Waals surface area contributed by atoms with Crippen LogP contribution < -0.4 is 18.9 Å². The number of nitrogens with zero attached hydrogens (tertiary/aromatic N) is 1. The van der Waals surface area contributed by atoms with E-state index in [9.17, 15) is 4.79 Å². The van der Waals surface area contributed by atoms with E-state index in [2.05, 4.69) is 4.98 Å². The van der Waals surface area contributed by atoms with E-state index in [0.717, 1.165) is 10.6 Å². The summed E-state index contributed by atoms with van der Waals surface area (Å²) in [6.07, 6.45) is 0. The topological polar surface area (TPSA) is 76.1 Å². The van der Waals surface area contributed by atoms with Gasteiger partial charge in [0.05, 0.1) is 25.5 Å². The molecule has 2 heterocycles. The number of thiazole rings is 1. The van der Waals surface area contributed by atoms with Crippen molar-refractivity contribution in [2.24, 2.45) is 0 Å². The molecule has 0 amide bonds. The van der Waals surface area contributed by atoms with Crippen LogP contribution in [0.1, 0.15) is 16.1 Å². The summed E-state index contributed by atoms with van der Waals surface area (Å²) in [5.41, 5.74) is 1.97. The molecule has 0 atom stereocenters. The maximum Gasteiger partial charge on any atom is 0.338 e. The van der Waals surface area contributed by atoms with Crippen LogP contribution >= 0.6 is 11.3 Å². The molecule has 0 saturated heterocycles. The van der Waals surface area contributed by atoms with Crippen molar-refractivity contribution in [1.29, 1.82) is 0 Å². The Bertz CT molecular complexity index is 1020. The van der Waals surface area contributed by atoms with Crippen LogP contribution in [-0.2, 0) is 11.3 Å². The van der Waals surface area contributed by atoms with Crippen LogP contribution in [0.25, 0.3) is 10.6 Å². The molecule has 1 aliphatic heterocycles. The van der Waals surface area contributed by atoms with Crippen molar-refractivity contribution in [3.8, 4) is 33.6 Å². The molecule has 0 fully saturated rings. The number of esters is 1. The van der Waals surface area contributed by atoms with Crippen molar-refractivity contribution in [1.82, 2.24) is 4.98 Å². The average Bonchev–Trinajstić information content (AvgIpc) is 3.40. The number of fused-ring (bicyclic) bond motifs is 1. The van der Waals surface area contributed by atoms with Gasteiger partial charge in [0.2, 0.25) is 6.79 Å². The van der Waals surface area contributed by atoms with Gasteiger partial charge in [-0.25, -0.2) is 9.78 Å². The second kappa shape index (κ2) is 7.77. The number of methoxy groups -OCH3 is 2. The van der Waals surface area contributed by atoms with Gasteiger partial charge < -0.3 is 23.7 Å². The summed E-state index contributed by atoms with van der Waals surface area (Å²) in [5, 5.41) is 2.66. The third-order valence-electron chi connectivity index (χ3n) is 4.14. The van der Waals surface area contributed by atoms with Crippen LogP contribution in [0.4, 0.5) is 0 Å². The molecule has 0 bridgehead atoms. The quantitative estimate of drug-likeness (QED) is 0.582. The molecule has 3 aromatic rings. The second-order valence-corrected chi connectivity index (χ2v) is 6.72. The molecular weight excluding hydrogens is 382 g/mol. The van der Waals surface area contributed by atoms with Gasteiger partial charge in [-0.3, -0.25) is 0 Å². The number of hydrogen-bond acceptors (Lipinski definition) is 8. The number of carbonyl (C=O) groups is 1. The Hall–Kier alpha value is -3.26. The summed E-state index contributed by atoms with van der Waals surface area (Å²) in [7, 11) is 3.18. The molecule has 0 aliphatic carbocycles. The monoisotopic (exact) mass is 399 g/mol. The lowest BCUT2D eigenvalue weighted by molar-refractivity contribution is 0.0468. The van der Waals surface area contributed by atoms with Gasteiger partial charge in [-0.2, -0.15) is 0 Å². The molecule has 0 saturated carbocycles. The zero-order valence-electron chi connectivity index (χ0n) is 15.3. The molecule has 0 spiro atoms. The average molecular weight is 399 g/mol. The van der Waals surface area contributed by atoms with Crippen molar-refractivity contribution in [2.45, 2.75) is 6.61 Å². The van der Waals surface area contributed by atoms with Crippen LogP contribution in [0.2, 0.25) is 0 Å². The van der Waals surface area contributed by atoms with Crippen molar-refractivity contribution < 1.29 is 28.5 Å². The van der Waals surface area contributed by atoms with E-state index < -0.39 is 5.97 Å². The van der Waals surface area contributed by atoms with Crippen LogP contribution in [0.15, 0.2) is 41.8 Å². The molecule has 7 nitrogen and oxygen atoms in total. The molecule has 1 aliphatic rings. The number of carbonyl (C=O) groups excluding carboxylic acids is 1. The fourth-order valence-corrected chi connectivity index (χ4v) is 3.52. The first kappa shape index (κ1) is 18.1. The maximum absolute atomic E-state index is 12.3. The molecular formula is C20H17NO6S. The molecule has 144 valence electrons. The van der Waals surface area contributed by atoms with Gasteiger partial charge in [0, 0.05) is 10.9 Å². The largest absolute Gasteiger partial charge is 0.493 e. The van der Waals surface area contributed by atoms with Gasteiger partial charge in [-0.1, -0.05) is 0 Å². The van der Waals surface area contributed by atoms with Crippen molar-refractivity contribution in [2.75, 3.05) is 21.0 Å². The van der Waals surface area contributed by atoms with Gasteiger partial charge in [-0.15, -0.1) is 11.3 Å². The SMILES string of the molecule is COc1ccc(-c2nc(COC(=O)c3ccc4c(c3)OCO4)cs2)cc1OC. The van der Waals surface area contributed by atoms with E-state index in [0.29, 0.717) is 34.3 Å². The fourth-order valence-electron chi connectivity index (χ4n) is 2.72. The summed E-state index contributed by atoms with van der Waals surface area (Å²) in [6, 6.07) is 10.5. The minimum atomic E-state index is -0.445. The first-order valence-corrected chi connectivity index (χ1v) is 9.29. The van der Waals surface area contributed by atoms with Gasteiger partial charge >= 0.3 is 5.97 Å². The molecule has 2 aromatic carbocycles. The predicted octanol–water partition coefficient (Wildman–Crippen LogP) is 3.91. The summed E-state index contributed by atoms with van der Waals surface area (Å²) < 4.78 is 26.5. The van der Waals surface area contributed by atoms with Crippen LogP contribution in [-0.4, -0.2) is 32.0 Å².